The Hall–Kier alpha value is -1.55. The van der Waals surface area contributed by atoms with Gasteiger partial charge in [-0.25, -0.2) is 9.97 Å². The molecule has 0 radical (unpaired) electrons. The minimum atomic E-state index is 0.0646. The van der Waals surface area contributed by atoms with Crippen molar-refractivity contribution < 1.29 is 0 Å². The number of hydrogen-bond donors (Lipinski definition) is 1. The van der Waals surface area contributed by atoms with Gasteiger partial charge >= 0.3 is 0 Å². The summed E-state index contributed by atoms with van der Waals surface area (Å²) in [6.45, 7) is 0. The summed E-state index contributed by atoms with van der Waals surface area (Å²) in [4.78, 5) is 9.74. The first-order chi connectivity index (χ1) is 9.83. The molecule has 4 rings (SSSR count). The number of nitrogens with zero attached hydrogens (tertiary/aromatic N) is 2. The van der Waals surface area contributed by atoms with E-state index < -0.39 is 0 Å². The molecule has 1 fully saturated rings. The summed E-state index contributed by atoms with van der Waals surface area (Å²) >= 11 is 1.93. The van der Waals surface area contributed by atoms with Crippen molar-refractivity contribution in [3.8, 4) is 0 Å². The van der Waals surface area contributed by atoms with Crippen molar-refractivity contribution in [2.45, 2.75) is 29.8 Å². The number of fused-ring (bicyclic) bond motifs is 1. The molecule has 4 heteroatoms. The Kier molecular flexibility index (Phi) is 2.74. The molecule has 0 bridgehead atoms. The maximum atomic E-state index is 4.90. The van der Waals surface area contributed by atoms with Crippen LogP contribution in [-0.4, -0.2) is 17.0 Å². The predicted molar refractivity (Wildman–Crippen MR) is 83.0 cm³/mol. The van der Waals surface area contributed by atoms with Crippen molar-refractivity contribution in [3.05, 3.63) is 53.0 Å². The quantitative estimate of drug-likeness (QED) is 0.937. The lowest BCUT2D eigenvalue weighted by molar-refractivity contribution is 0.746. The molecule has 0 saturated heterocycles. The SMILES string of the molecule is CNc1nc(C2(c3ccccc3)CC2)nc2c1CSC2. The number of anilines is 1. The van der Waals surface area contributed by atoms with Gasteiger partial charge in [-0.2, -0.15) is 11.8 Å². The fourth-order valence-corrected chi connectivity index (χ4v) is 4.04. The second-order valence-corrected chi connectivity index (χ2v) is 6.50. The fourth-order valence-electron chi connectivity index (χ4n) is 3.00. The van der Waals surface area contributed by atoms with Crippen LogP contribution in [0.25, 0.3) is 0 Å². The predicted octanol–water partition coefficient (Wildman–Crippen LogP) is 3.35. The smallest absolute Gasteiger partial charge is 0.141 e. The molecule has 3 nitrogen and oxygen atoms in total. The summed E-state index contributed by atoms with van der Waals surface area (Å²) in [5, 5.41) is 3.25. The standard InChI is InChI=1S/C16H17N3S/c1-17-14-12-9-20-10-13(12)18-15(19-14)16(7-8-16)11-5-3-2-4-6-11/h2-6H,7-10H2,1H3,(H,17,18,19). The molecule has 2 heterocycles. The van der Waals surface area contributed by atoms with E-state index in [4.69, 9.17) is 9.97 Å². The van der Waals surface area contributed by atoms with Crippen molar-refractivity contribution in [2.24, 2.45) is 0 Å². The van der Waals surface area contributed by atoms with E-state index in [-0.39, 0.29) is 5.41 Å². The second kappa shape index (κ2) is 4.48. The molecule has 2 aliphatic rings. The average Bonchev–Trinajstić information content (AvgIpc) is 3.19. The van der Waals surface area contributed by atoms with Crippen molar-refractivity contribution in [1.29, 1.82) is 0 Å². The van der Waals surface area contributed by atoms with Gasteiger partial charge in [0, 0.05) is 24.1 Å². The third-order valence-corrected chi connectivity index (χ3v) is 5.29. The zero-order chi connectivity index (χ0) is 13.6. The lowest BCUT2D eigenvalue weighted by Gasteiger charge is -2.17. The number of thioether (sulfide) groups is 1. The van der Waals surface area contributed by atoms with E-state index in [0.29, 0.717) is 0 Å². The molecule has 102 valence electrons. The van der Waals surface area contributed by atoms with Gasteiger partial charge in [0.05, 0.1) is 11.1 Å². The molecule has 1 aromatic heterocycles. The summed E-state index contributed by atoms with van der Waals surface area (Å²) in [6.07, 6.45) is 2.32. The van der Waals surface area contributed by atoms with E-state index >= 15 is 0 Å². The lowest BCUT2D eigenvalue weighted by atomic mass is 9.95. The minimum absolute atomic E-state index is 0.0646. The molecule has 0 spiro atoms. The molecule has 1 aliphatic carbocycles. The molecule has 1 aromatic carbocycles. The van der Waals surface area contributed by atoms with Gasteiger partial charge in [0.1, 0.15) is 11.6 Å². The maximum Gasteiger partial charge on any atom is 0.141 e. The van der Waals surface area contributed by atoms with Crippen molar-refractivity contribution in [1.82, 2.24) is 9.97 Å². The summed E-state index contributed by atoms with van der Waals surface area (Å²) in [5.74, 6) is 4.08. The van der Waals surface area contributed by atoms with Gasteiger partial charge in [0.2, 0.25) is 0 Å². The Balaban J connectivity index is 1.84. The average molecular weight is 283 g/mol. The van der Waals surface area contributed by atoms with Crippen LogP contribution in [0.1, 0.15) is 35.5 Å². The minimum Gasteiger partial charge on any atom is -0.373 e. The van der Waals surface area contributed by atoms with Crippen molar-refractivity contribution in [2.75, 3.05) is 12.4 Å². The van der Waals surface area contributed by atoms with Crippen LogP contribution >= 0.6 is 11.8 Å². The Labute approximate surface area is 123 Å². The highest BCUT2D eigenvalue weighted by Gasteiger charge is 2.49. The van der Waals surface area contributed by atoms with E-state index in [1.165, 1.54) is 16.8 Å². The normalized spacial score (nSPS) is 18.6. The van der Waals surface area contributed by atoms with Gasteiger partial charge in [-0.05, 0) is 18.4 Å². The van der Waals surface area contributed by atoms with Gasteiger partial charge < -0.3 is 5.32 Å². The van der Waals surface area contributed by atoms with Crippen LogP contribution in [0.5, 0.6) is 0 Å². The molecule has 1 N–H and O–H groups in total. The Morgan fingerprint density at radius 3 is 2.60 bits per heavy atom. The highest BCUT2D eigenvalue weighted by atomic mass is 32.2. The molecule has 20 heavy (non-hydrogen) atoms. The fraction of sp³-hybridized carbons (Fsp3) is 0.375. The lowest BCUT2D eigenvalue weighted by Crippen LogP contribution is -2.16. The van der Waals surface area contributed by atoms with E-state index in [2.05, 4.69) is 35.6 Å². The number of aromatic nitrogens is 2. The summed E-state index contributed by atoms with van der Waals surface area (Å²) in [6, 6.07) is 10.7. The second-order valence-electron chi connectivity index (χ2n) is 5.51. The Morgan fingerprint density at radius 2 is 1.90 bits per heavy atom. The molecule has 2 aromatic rings. The van der Waals surface area contributed by atoms with Gasteiger partial charge in [0.15, 0.2) is 0 Å². The third-order valence-electron chi connectivity index (χ3n) is 4.32. The van der Waals surface area contributed by atoms with Crippen LogP contribution in [0.2, 0.25) is 0 Å². The van der Waals surface area contributed by atoms with E-state index in [1.54, 1.807) is 0 Å². The Morgan fingerprint density at radius 1 is 1.10 bits per heavy atom. The van der Waals surface area contributed by atoms with Gasteiger partial charge in [-0.3, -0.25) is 0 Å². The first kappa shape index (κ1) is 12.2. The van der Waals surface area contributed by atoms with E-state index in [1.807, 2.05) is 18.8 Å². The number of benzene rings is 1. The van der Waals surface area contributed by atoms with Gasteiger partial charge in [-0.15, -0.1) is 0 Å². The summed E-state index contributed by atoms with van der Waals surface area (Å²) in [7, 11) is 1.96. The molecule has 0 amide bonds. The molecule has 0 atom stereocenters. The largest absolute Gasteiger partial charge is 0.373 e. The van der Waals surface area contributed by atoms with E-state index in [9.17, 15) is 0 Å². The van der Waals surface area contributed by atoms with Crippen LogP contribution in [0.4, 0.5) is 5.82 Å². The van der Waals surface area contributed by atoms with Gasteiger partial charge in [-0.1, -0.05) is 30.3 Å². The van der Waals surface area contributed by atoms with Crippen molar-refractivity contribution in [3.63, 3.8) is 0 Å². The van der Waals surface area contributed by atoms with E-state index in [0.717, 1.165) is 36.0 Å². The molecular formula is C16H17N3S. The third kappa shape index (κ3) is 1.74. The van der Waals surface area contributed by atoms with Crippen molar-refractivity contribution >= 4 is 17.6 Å². The molecule has 1 saturated carbocycles. The zero-order valence-electron chi connectivity index (χ0n) is 11.5. The first-order valence-electron chi connectivity index (χ1n) is 7.05. The number of nitrogens with one attached hydrogen (secondary N) is 1. The zero-order valence-corrected chi connectivity index (χ0v) is 12.3. The number of hydrogen-bond acceptors (Lipinski definition) is 4. The Bertz CT molecular complexity index is 650. The van der Waals surface area contributed by atoms with Crippen LogP contribution < -0.4 is 5.32 Å². The first-order valence-corrected chi connectivity index (χ1v) is 8.20. The highest BCUT2D eigenvalue weighted by Crippen LogP contribution is 2.52. The topological polar surface area (TPSA) is 37.8 Å². The summed E-state index contributed by atoms with van der Waals surface area (Å²) in [5.41, 5.74) is 3.94. The number of rotatable bonds is 3. The van der Waals surface area contributed by atoms with Gasteiger partial charge in [0.25, 0.3) is 0 Å². The monoisotopic (exact) mass is 283 g/mol. The van der Waals surface area contributed by atoms with Crippen LogP contribution in [0.15, 0.2) is 30.3 Å². The molecule has 1 aliphatic heterocycles. The van der Waals surface area contributed by atoms with Crippen LogP contribution in [0, 0.1) is 0 Å². The van der Waals surface area contributed by atoms with Crippen LogP contribution in [-0.2, 0) is 16.9 Å². The molecular weight excluding hydrogens is 266 g/mol. The maximum absolute atomic E-state index is 4.90. The molecule has 0 unspecified atom stereocenters. The van der Waals surface area contributed by atoms with Crippen LogP contribution in [0.3, 0.4) is 0 Å². The highest BCUT2D eigenvalue weighted by molar-refractivity contribution is 7.98. The summed E-state index contributed by atoms with van der Waals surface area (Å²) < 4.78 is 0.